The van der Waals surface area contributed by atoms with E-state index in [1.54, 1.807) is 9.80 Å². The van der Waals surface area contributed by atoms with Crippen LogP contribution in [0.25, 0.3) is 0 Å². The summed E-state index contributed by atoms with van der Waals surface area (Å²) >= 11 is 0. The van der Waals surface area contributed by atoms with Crippen LogP contribution in [0.3, 0.4) is 0 Å². The molecule has 3 aliphatic heterocycles. The Morgan fingerprint density at radius 2 is 1.56 bits per heavy atom. The van der Waals surface area contributed by atoms with Crippen molar-refractivity contribution in [1.82, 2.24) is 24.9 Å². The molecule has 3 aliphatic rings. The van der Waals surface area contributed by atoms with Gasteiger partial charge in [0.05, 0.1) is 12.1 Å². The number of piperidine rings is 1. The number of nitrogens with one attached hydrogen (secondary N) is 1. The SMILES string of the molecule is CC[C@@H](OC(=O)[C@@H]1CCCN1C(=O)[C@@H]1CCCN1C[C@H](C(C)C)N(C)C(=O)[C@@H](NC(=O)C1CCCCN1C)C(C)(C)C)c1ccccc1. The van der Waals surface area contributed by atoms with E-state index >= 15 is 0 Å². The molecule has 6 atom stereocenters. The maximum atomic E-state index is 14.2. The van der Waals surface area contributed by atoms with Gasteiger partial charge in [-0.1, -0.05) is 78.3 Å². The number of ether oxygens (including phenoxy) is 1. The van der Waals surface area contributed by atoms with E-state index in [2.05, 4.69) is 29.0 Å². The number of amides is 3. The molecule has 0 bridgehead atoms. The fourth-order valence-corrected chi connectivity index (χ4v) is 7.75. The van der Waals surface area contributed by atoms with Gasteiger partial charge >= 0.3 is 5.97 Å². The highest BCUT2D eigenvalue weighted by Gasteiger charge is 2.44. The Morgan fingerprint density at radius 1 is 0.917 bits per heavy atom. The number of benzene rings is 1. The van der Waals surface area contributed by atoms with E-state index in [0.29, 0.717) is 25.9 Å². The van der Waals surface area contributed by atoms with Crippen LogP contribution in [0.2, 0.25) is 0 Å². The largest absolute Gasteiger partial charge is 0.456 e. The molecule has 3 fully saturated rings. The molecule has 4 rings (SSSR count). The third-order valence-corrected chi connectivity index (χ3v) is 10.8. The van der Waals surface area contributed by atoms with Crippen LogP contribution in [0.15, 0.2) is 30.3 Å². The summed E-state index contributed by atoms with van der Waals surface area (Å²) in [4.78, 5) is 63.1. The number of hydrogen-bond acceptors (Lipinski definition) is 7. The normalized spacial score (nSPS) is 24.3. The lowest BCUT2D eigenvalue weighted by Gasteiger charge is -2.41. The fourth-order valence-electron chi connectivity index (χ4n) is 7.75. The molecule has 3 heterocycles. The number of carbonyl (C=O) groups is 4. The summed E-state index contributed by atoms with van der Waals surface area (Å²) in [5.74, 6) is -0.428. The van der Waals surface area contributed by atoms with Gasteiger partial charge in [-0.25, -0.2) is 4.79 Å². The van der Waals surface area contributed by atoms with Crippen molar-refractivity contribution in [2.75, 3.05) is 40.3 Å². The average molecular weight is 668 g/mol. The van der Waals surface area contributed by atoms with Crippen LogP contribution in [0, 0.1) is 11.3 Å². The van der Waals surface area contributed by atoms with Gasteiger partial charge in [-0.15, -0.1) is 0 Å². The first kappa shape index (κ1) is 37.8. The standard InChI is InChI=1S/C38H61N5O5/c1-9-32(27-17-11-10-12-18-27)48-37(47)30-21-16-24-43(30)35(45)29-20-15-23-42(29)25-31(26(2)3)41(8)36(46)33(38(4,5)6)39-34(44)28-19-13-14-22-40(28)7/h10-12,17-18,26,28-33H,9,13-16,19-25H2,1-8H3,(H,39,44)/t28?,29-,30-,31+,32+,33+/m0/s1. The molecule has 1 N–H and O–H groups in total. The summed E-state index contributed by atoms with van der Waals surface area (Å²) in [7, 11) is 3.81. The third-order valence-electron chi connectivity index (χ3n) is 10.8. The van der Waals surface area contributed by atoms with Crippen LogP contribution in [-0.4, -0.2) is 114 Å². The second-order valence-electron chi connectivity index (χ2n) is 15.6. The maximum absolute atomic E-state index is 14.2. The van der Waals surface area contributed by atoms with Gasteiger partial charge in [0, 0.05) is 26.2 Å². The quantitative estimate of drug-likeness (QED) is 0.325. The third kappa shape index (κ3) is 8.97. The summed E-state index contributed by atoms with van der Waals surface area (Å²) in [5.41, 5.74) is 0.470. The predicted molar refractivity (Wildman–Crippen MR) is 188 cm³/mol. The number of likely N-dealkylation sites (tertiary alicyclic amines) is 3. The minimum Gasteiger partial charge on any atom is -0.456 e. The first-order valence-corrected chi connectivity index (χ1v) is 18.3. The summed E-state index contributed by atoms with van der Waals surface area (Å²) in [5, 5.41) is 3.14. The van der Waals surface area contributed by atoms with E-state index in [9.17, 15) is 19.2 Å². The Hall–Kier alpha value is -2.98. The topological polar surface area (TPSA) is 102 Å². The second kappa shape index (κ2) is 16.6. The van der Waals surface area contributed by atoms with E-state index in [1.165, 1.54) is 0 Å². The molecule has 0 saturated carbocycles. The maximum Gasteiger partial charge on any atom is 0.329 e. The van der Waals surface area contributed by atoms with Crippen molar-refractivity contribution in [2.45, 2.75) is 129 Å². The molecule has 0 spiro atoms. The Kier molecular flexibility index (Phi) is 13.1. The van der Waals surface area contributed by atoms with E-state index in [0.717, 1.165) is 57.2 Å². The average Bonchev–Trinajstić information content (AvgIpc) is 3.74. The molecule has 3 saturated heterocycles. The molecule has 0 aliphatic carbocycles. The molecule has 10 nitrogen and oxygen atoms in total. The highest BCUT2D eigenvalue weighted by atomic mass is 16.5. The van der Waals surface area contributed by atoms with Crippen molar-refractivity contribution in [3.63, 3.8) is 0 Å². The van der Waals surface area contributed by atoms with Crippen LogP contribution in [0.1, 0.15) is 105 Å². The lowest BCUT2D eigenvalue weighted by Crippen LogP contribution is -2.61. The van der Waals surface area contributed by atoms with Crippen LogP contribution < -0.4 is 5.32 Å². The second-order valence-corrected chi connectivity index (χ2v) is 15.6. The van der Waals surface area contributed by atoms with Gasteiger partial charge in [0.15, 0.2) is 0 Å². The molecule has 1 unspecified atom stereocenters. The summed E-state index contributed by atoms with van der Waals surface area (Å²) in [6.45, 7) is 14.9. The number of esters is 1. The number of nitrogens with zero attached hydrogens (tertiary/aromatic N) is 4. The number of rotatable bonds is 12. The molecule has 3 amide bonds. The fraction of sp³-hybridized carbons (Fsp3) is 0.737. The van der Waals surface area contributed by atoms with E-state index in [1.807, 2.05) is 72.1 Å². The molecule has 1 aromatic carbocycles. The highest BCUT2D eigenvalue weighted by molar-refractivity contribution is 5.91. The molecule has 0 aromatic heterocycles. The molecule has 268 valence electrons. The van der Waals surface area contributed by atoms with Crippen molar-refractivity contribution in [3.8, 4) is 0 Å². The zero-order valence-corrected chi connectivity index (χ0v) is 30.7. The smallest absolute Gasteiger partial charge is 0.329 e. The van der Waals surface area contributed by atoms with Crippen LogP contribution >= 0.6 is 0 Å². The van der Waals surface area contributed by atoms with Gasteiger partial charge < -0.3 is 19.9 Å². The predicted octanol–water partition coefficient (Wildman–Crippen LogP) is 4.63. The van der Waals surface area contributed by atoms with Gasteiger partial charge in [0.1, 0.15) is 18.2 Å². The lowest BCUT2D eigenvalue weighted by atomic mass is 9.84. The Morgan fingerprint density at radius 3 is 2.19 bits per heavy atom. The van der Waals surface area contributed by atoms with Gasteiger partial charge in [-0.3, -0.25) is 24.2 Å². The van der Waals surface area contributed by atoms with E-state index in [4.69, 9.17) is 4.74 Å². The molecule has 10 heteroatoms. The highest BCUT2D eigenvalue weighted by Crippen LogP contribution is 2.30. The Bertz CT molecular complexity index is 1250. The number of hydrogen-bond donors (Lipinski definition) is 1. The van der Waals surface area contributed by atoms with Gasteiger partial charge in [-0.2, -0.15) is 0 Å². The van der Waals surface area contributed by atoms with Gasteiger partial charge in [0.25, 0.3) is 0 Å². The number of likely N-dealkylation sites (N-methyl/N-ethyl adjacent to an activating group) is 2. The lowest BCUT2D eigenvalue weighted by molar-refractivity contribution is -0.159. The Labute approximate surface area is 288 Å². The van der Waals surface area contributed by atoms with E-state index in [-0.39, 0.29) is 53.8 Å². The van der Waals surface area contributed by atoms with Gasteiger partial charge in [-0.05, 0) is 82.0 Å². The first-order chi connectivity index (χ1) is 22.7. The Balaban J connectivity index is 1.44. The minimum atomic E-state index is -0.679. The summed E-state index contributed by atoms with van der Waals surface area (Å²) in [6, 6.07) is 7.76. The number of carbonyl (C=O) groups excluding carboxylic acids is 4. The first-order valence-electron chi connectivity index (χ1n) is 18.3. The van der Waals surface area contributed by atoms with Crippen LogP contribution in [-0.2, 0) is 23.9 Å². The summed E-state index contributed by atoms with van der Waals surface area (Å²) in [6.07, 6.45) is 6.17. The van der Waals surface area contributed by atoms with Crippen LogP contribution in [0.4, 0.5) is 0 Å². The van der Waals surface area contributed by atoms with Crippen molar-refractivity contribution >= 4 is 23.7 Å². The molecular formula is C38H61N5O5. The molecule has 0 radical (unpaired) electrons. The van der Waals surface area contributed by atoms with Gasteiger partial charge in [0.2, 0.25) is 17.7 Å². The van der Waals surface area contributed by atoms with Crippen molar-refractivity contribution in [1.29, 1.82) is 0 Å². The summed E-state index contributed by atoms with van der Waals surface area (Å²) < 4.78 is 5.99. The molecular weight excluding hydrogens is 606 g/mol. The van der Waals surface area contributed by atoms with Crippen molar-refractivity contribution in [2.24, 2.45) is 11.3 Å². The molecule has 1 aromatic rings. The van der Waals surface area contributed by atoms with Crippen LogP contribution in [0.5, 0.6) is 0 Å². The monoisotopic (exact) mass is 667 g/mol. The zero-order valence-electron chi connectivity index (χ0n) is 30.7. The van der Waals surface area contributed by atoms with Crippen molar-refractivity contribution < 1.29 is 23.9 Å². The van der Waals surface area contributed by atoms with E-state index < -0.39 is 17.5 Å². The van der Waals surface area contributed by atoms with Crippen molar-refractivity contribution in [3.05, 3.63) is 35.9 Å². The zero-order chi connectivity index (χ0) is 35.2. The molecule has 48 heavy (non-hydrogen) atoms. The minimum absolute atomic E-state index is 0.0207.